The summed E-state index contributed by atoms with van der Waals surface area (Å²) >= 11 is 0. The van der Waals surface area contributed by atoms with Gasteiger partial charge in [-0.15, -0.1) is 0 Å². The summed E-state index contributed by atoms with van der Waals surface area (Å²) in [5.41, 5.74) is 0. The minimum atomic E-state index is 0.332. The van der Waals surface area contributed by atoms with Crippen LogP contribution >= 0.6 is 0 Å². The van der Waals surface area contributed by atoms with E-state index < -0.39 is 0 Å². The minimum Gasteiger partial charge on any atom is -0.379 e. The first-order valence-corrected chi connectivity index (χ1v) is 5.19. The lowest BCUT2D eigenvalue weighted by molar-refractivity contribution is -0.121. The molecule has 0 unspecified atom stereocenters. The Kier molecular flexibility index (Phi) is 2.96. The SMILES string of the molecule is O=C1CCC[C@H]1CN1CCOCC1. The van der Waals surface area contributed by atoms with Gasteiger partial charge in [0.25, 0.3) is 0 Å². The monoisotopic (exact) mass is 183 g/mol. The zero-order valence-electron chi connectivity index (χ0n) is 8.00. The van der Waals surface area contributed by atoms with Crippen LogP contribution in [-0.2, 0) is 9.53 Å². The van der Waals surface area contributed by atoms with Gasteiger partial charge >= 0.3 is 0 Å². The van der Waals surface area contributed by atoms with Crippen LogP contribution in [0.25, 0.3) is 0 Å². The van der Waals surface area contributed by atoms with Gasteiger partial charge in [0.05, 0.1) is 13.2 Å². The molecule has 2 fully saturated rings. The molecule has 1 saturated heterocycles. The van der Waals surface area contributed by atoms with Crippen LogP contribution in [0, 0.1) is 5.92 Å². The van der Waals surface area contributed by atoms with E-state index >= 15 is 0 Å². The highest BCUT2D eigenvalue weighted by molar-refractivity contribution is 5.83. The van der Waals surface area contributed by atoms with Gasteiger partial charge in [-0.2, -0.15) is 0 Å². The van der Waals surface area contributed by atoms with Crippen LogP contribution in [0.5, 0.6) is 0 Å². The third-order valence-corrected chi connectivity index (χ3v) is 3.01. The summed E-state index contributed by atoms with van der Waals surface area (Å²) < 4.78 is 5.26. The van der Waals surface area contributed by atoms with Crippen molar-refractivity contribution in [2.24, 2.45) is 5.92 Å². The maximum absolute atomic E-state index is 11.4. The van der Waals surface area contributed by atoms with Gasteiger partial charge in [-0.3, -0.25) is 9.69 Å². The van der Waals surface area contributed by atoms with E-state index in [9.17, 15) is 4.79 Å². The van der Waals surface area contributed by atoms with Gasteiger partial charge in [-0.05, 0) is 12.8 Å². The largest absolute Gasteiger partial charge is 0.379 e. The Balaban J connectivity index is 1.79. The second-order valence-corrected chi connectivity index (χ2v) is 3.97. The van der Waals surface area contributed by atoms with Crippen LogP contribution < -0.4 is 0 Å². The van der Waals surface area contributed by atoms with Crippen molar-refractivity contribution in [1.29, 1.82) is 0 Å². The average Bonchev–Trinajstić information content (AvgIpc) is 2.54. The highest BCUT2D eigenvalue weighted by Gasteiger charge is 2.26. The molecule has 1 heterocycles. The molecule has 13 heavy (non-hydrogen) atoms. The van der Waals surface area contributed by atoms with Gasteiger partial charge in [0.2, 0.25) is 0 Å². The van der Waals surface area contributed by atoms with E-state index in [-0.39, 0.29) is 0 Å². The number of rotatable bonds is 2. The van der Waals surface area contributed by atoms with Crippen LogP contribution in [0.2, 0.25) is 0 Å². The summed E-state index contributed by atoms with van der Waals surface area (Å²) in [6, 6.07) is 0. The van der Waals surface area contributed by atoms with E-state index in [0.29, 0.717) is 11.7 Å². The first kappa shape index (κ1) is 9.16. The molecule has 0 aromatic rings. The normalized spacial score (nSPS) is 31.1. The van der Waals surface area contributed by atoms with Gasteiger partial charge < -0.3 is 4.74 Å². The van der Waals surface area contributed by atoms with E-state index in [1.807, 2.05) is 0 Å². The zero-order chi connectivity index (χ0) is 9.10. The van der Waals surface area contributed by atoms with E-state index in [1.165, 1.54) is 0 Å². The third kappa shape index (κ3) is 2.29. The highest BCUT2D eigenvalue weighted by atomic mass is 16.5. The number of hydrogen-bond donors (Lipinski definition) is 0. The number of carbonyl (C=O) groups is 1. The van der Waals surface area contributed by atoms with Gasteiger partial charge in [-0.25, -0.2) is 0 Å². The number of morpholine rings is 1. The minimum absolute atomic E-state index is 0.332. The maximum atomic E-state index is 11.4. The summed E-state index contributed by atoms with van der Waals surface area (Å²) in [4.78, 5) is 13.7. The van der Waals surface area contributed by atoms with E-state index in [2.05, 4.69) is 4.90 Å². The molecule has 1 aliphatic carbocycles. The smallest absolute Gasteiger partial charge is 0.137 e. The molecular weight excluding hydrogens is 166 g/mol. The number of ether oxygens (including phenoxy) is 1. The Labute approximate surface area is 79.0 Å². The van der Waals surface area contributed by atoms with E-state index in [4.69, 9.17) is 4.74 Å². The molecule has 1 aliphatic heterocycles. The molecule has 0 N–H and O–H groups in total. The predicted molar refractivity (Wildman–Crippen MR) is 49.6 cm³/mol. The van der Waals surface area contributed by atoms with Crippen molar-refractivity contribution in [3.8, 4) is 0 Å². The lowest BCUT2D eigenvalue weighted by atomic mass is 10.1. The number of hydrogen-bond acceptors (Lipinski definition) is 3. The standard InChI is InChI=1S/C10H17NO2/c12-10-3-1-2-9(10)8-11-4-6-13-7-5-11/h9H,1-8H2/t9-/m0/s1. The summed E-state index contributed by atoms with van der Waals surface area (Å²) in [5, 5.41) is 0. The Morgan fingerprint density at radius 2 is 2.15 bits per heavy atom. The van der Waals surface area contributed by atoms with E-state index in [0.717, 1.165) is 52.1 Å². The second-order valence-electron chi connectivity index (χ2n) is 3.97. The second kappa shape index (κ2) is 4.20. The molecule has 2 aliphatic rings. The fourth-order valence-electron chi connectivity index (χ4n) is 2.18. The van der Waals surface area contributed by atoms with Crippen LogP contribution in [0.1, 0.15) is 19.3 Å². The summed E-state index contributed by atoms with van der Waals surface area (Å²) in [7, 11) is 0. The lowest BCUT2D eigenvalue weighted by Gasteiger charge is -2.28. The van der Waals surface area contributed by atoms with Crippen molar-refractivity contribution >= 4 is 5.78 Å². The van der Waals surface area contributed by atoms with Crippen LogP contribution in [0.4, 0.5) is 0 Å². The fraction of sp³-hybridized carbons (Fsp3) is 0.900. The highest BCUT2D eigenvalue weighted by Crippen LogP contribution is 2.22. The van der Waals surface area contributed by atoms with Crippen molar-refractivity contribution in [2.45, 2.75) is 19.3 Å². The molecule has 0 bridgehead atoms. The van der Waals surface area contributed by atoms with Crippen molar-refractivity contribution in [3.05, 3.63) is 0 Å². The predicted octanol–water partition coefficient (Wildman–Crippen LogP) is 0.688. The Hall–Kier alpha value is -0.410. The first-order valence-electron chi connectivity index (χ1n) is 5.19. The third-order valence-electron chi connectivity index (χ3n) is 3.01. The van der Waals surface area contributed by atoms with Gasteiger partial charge in [0.1, 0.15) is 5.78 Å². The lowest BCUT2D eigenvalue weighted by Crippen LogP contribution is -2.40. The molecule has 2 rings (SSSR count). The molecule has 3 heteroatoms. The van der Waals surface area contributed by atoms with Crippen molar-refractivity contribution < 1.29 is 9.53 Å². The van der Waals surface area contributed by atoms with Crippen LogP contribution in [0.15, 0.2) is 0 Å². The zero-order valence-corrected chi connectivity index (χ0v) is 8.00. The summed E-state index contributed by atoms with van der Waals surface area (Å²) in [6.07, 6.45) is 3.03. The first-order chi connectivity index (χ1) is 6.36. The van der Waals surface area contributed by atoms with Crippen LogP contribution in [-0.4, -0.2) is 43.5 Å². The number of ketones is 1. The molecule has 3 nitrogen and oxygen atoms in total. The van der Waals surface area contributed by atoms with Gasteiger partial charge in [-0.1, -0.05) is 0 Å². The summed E-state index contributed by atoms with van der Waals surface area (Å²) in [6.45, 7) is 4.65. The quantitative estimate of drug-likeness (QED) is 0.630. The van der Waals surface area contributed by atoms with E-state index in [1.54, 1.807) is 0 Å². The molecule has 1 atom stereocenters. The fourth-order valence-corrected chi connectivity index (χ4v) is 2.18. The number of carbonyl (C=O) groups excluding carboxylic acids is 1. The Morgan fingerprint density at radius 3 is 2.77 bits per heavy atom. The molecule has 74 valence electrons. The van der Waals surface area contributed by atoms with Crippen molar-refractivity contribution in [1.82, 2.24) is 4.90 Å². The molecular formula is C10H17NO2. The van der Waals surface area contributed by atoms with Crippen LogP contribution in [0.3, 0.4) is 0 Å². The molecule has 0 spiro atoms. The molecule has 0 aromatic carbocycles. The average molecular weight is 183 g/mol. The molecule has 0 amide bonds. The van der Waals surface area contributed by atoms with Crippen molar-refractivity contribution in [2.75, 3.05) is 32.8 Å². The topological polar surface area (TPSA) is 29.5 Å². The Bertz CT molecular complexity index is 187. The maximum Gasteiger partial charge on any atom is 0.137 e. The molecule has 1 saturated carbocycles. The Morgan fingerprint density at radius 1 is 1.38 bits per heavy atom. The van der Waals surface area contributed by atoms with Gasteiger partial charge in [0, 0.05) is 32.0 Å². The molecule has 0 radical (unpaired) electrons. The van der Waals surface area contributed by atoms with Crippen molar-refractivity contribution in [3.63, 3.8) is 0 Å². The number of Topliss-reactive ketones (excluding diaryl/α,β-unsaturated/α-hetero) is 1. The number of nitrogens with zero attached hydrogens (tertiary/aromatic N) is 1. The molecule has 0 aromatic heterocycles. The summed E-state index contributed by atoms with van der Waals surface area (Å²) in [5.74, 6) is 0.810. The van der Waals surface area contributed by atoms with Gasteiger partial charge in [0.15, 0.2) is 0 Å².